The summed E-state index contributed by atoms with van der Waals surface area (Å²) in [4.78, 5) is 45.7. The minimum absolute atomic E-state index is 0.147. The van der Waals surface area contributed by atoms with Crippen LogP contribution in [0.4, 0.5) is 0 Å². The largest absolute Gasteiger partial charge is 0.480 e. The van der Waals surface area contributed by atoms with Gasteiger partial charge in [0.1, 0.15) is 12.6 Å². The van der Waals surface area contributed by atoms with E-state index in [9.17, 15) is 23.8 Å². The maximum atomic E-state index is 12.6. The van der Waals surface area contributed by atoms with Crippen LogP contribution in [0, 0.1) is 0 Å². The average Bonchev–Trinajstić information content (AvgIpc) is 3.09. The molecule has 0 fully saturated rings. The van der Waals surface area contributed by atoms with Crippen LogP contribution in [0.1, 0.15) is 168 Å². The normalized spacial score (nSPS) is 14.2. The summed E-state index contributed by atoms with van der Waals surface area (Å²) in [6.07, 6.45) is 32.4. The molecule has 0 radical (unpaired) electrons. The number of carbonyl (C=O) groups is 3. The zero-order valence-electron chi connectivity index (χ0n) is 31.2. The van der Waals surface area contributed by atoms with Gasteiger partial charge in [0.15, 0.2) is 6.10 Å². The molecule has 0 amide bonds. The lowest BCUT2D eigenvalue weighted by atomic mass is 10.0. The second-order valence-electron chi connectivity index (χ2n) is 13.1. The Balaban J connectivity index is 4.46. The summed E-state index contributed by atoms with van der Waals surface area (Å²) in [5, 5.41) is 8.85. The molecule has 0 spiro atoms. The van der Waals surface area contributed by atoms with Gasteiger partial charge in [0, 0.05) is 12.8 Å². The quantitative estimate of drug-likeness (QED) is 0.0242. The second kappa shape index (κ2) is 34.1. The number of carboxylic acids is 1. The van der Waals surface area contributed by atoms with Crippen molar-refractivity contribution in [1.82, 2.24) is 0 Å². The van der Waals surface area contributed by atoms with E-state index in [0.717, 1.165) is 64.2 Å². The van der Waals surface area contributed by atoms with Crippen molar-refractivity contribution in [3.63, 3.8) is 0 Å². The molecule has 50 heavy (non-hydrogen) atoms. The van der Waals surface area contributed by atoms with Crippen molar-refractivity contribution in [2.75, 3.05) is 19.8 Å². The Kier molecular flexibility index (Phi) is 32.7. The third-order valence-electron chi connectivity index (χ3n) is 8.20. The Morgan fingerprint density at radius 2 is 1.08 bits per heavy atom. The number of aliphatic carboxylic acids is 1. The van der Waals surface area contributed by atoms with Gasteiger partial charge < -0.3 is 25.2 Å². The highest BCUT2D eigenvalue weighted by atomic mass is 31.2. The number of rotatable bonds is 36. The van der Waals surface area contributed by atoms with Gasteiger partial charge in [0.2, 0.25) is 0 Å². The number of esters is 2. The molecule has 0 aromatic rings. The maximum Gasteiger partial charge on any atom is 0.472 e. The van der Waals surface area contributed by atoms with E-state index in [1.165, 1.54) is 64.2 Å². The molecule has 3 atom stereocenters. The second-order valence-corrected chi connectivity index (χ2v) is 14.5. The van der Waals surface area contributed by atoms with Crippen LogP contribution >= 0.6 is 7.82 Å². The van der Waals surface area contributed by atoms with Gasteiger partial charge in [-0.15, -0.1) is 0 Å². The molecule has 3 unspecified atom stereocenters. The zero-order chi connectivity index (χ0) is 37.1. The van der Waals surface area contributed by atoms with E-state index in [2.05, 4.69) is 42.7 Å². The van der Waals surface area contributed by atoms with Crippen LogP contribution in [0.2, 0.25) is 0 Å². The summed E-state index contributed by atoms with van der Waals surface area (Å²) in [6.45, 7) is 2.73. The maximum absolute atomic E-state index is 12.6. The summed E-state index contributed by atoms with van der Waals surface area (Å²) >= 11 is 0. The topological polar surface area (TPSA) is 172 Å². The first-order valence-corrected chi connectivity index (χ1v) is 20.9. The number of hydrogen-bond donors (Lipinski definition) is 3. The van der Waals surface area contributed by atoms with Crippen LogP contribution in [-0.2, 0) is 37.5 Å². The molecular weight excluding hydrogens is 661 g/mol. The third-order valence-corrected chi connectivity index (χ3v) is 9.15. The monoisotopic (exact) mass is 731 g/mol. The standard InChI is InChI=1S/C38H70NO10P/c1-3-5-7-9-11-13-15-17-18-20-22-24-26-28-30-37(41)49-34(32-47-50(44,45)48-33-35(39)38(42)43)31-46-36(40)29-27-25-23-21-19-16-14-12-10-8-6-4-2/h9,11,15,17,34-35H,3-8,10,12-14,16,18-33,39H2,1-2H3,(H,42,43)(H,44,45)/b11-9-,17-15-. The van der Waals surface area contributed by atoms with Crippen molar-refractivity contribution in [3.8, 4) is 0 Å². The van der Waals surface area contributed by atoms with Crippen molar-refractivity contribution < 1.29 is 47.5 Å². The van der Waals surface area contributed by atoms with Gasteiger partial charge in [-0.05, 0) is 38.5 Å². The van der Waals surface area contributed by atoms with Gasteiger partial charge in [-0.1, -0.05) is 141 Å². The number of hydrogen-bond acceptors (Lipinski definition) is 9. The van der Waals surface area contributed by atoms with Gasteiger partial charge in [-0.3, -0.25) is 23.4 Å². The Labute approximate surface area is 302 Å². The van der Waals surface area contributed by atoms with Crippen molar-refractivity contribution in [2.45, 2.75) is 180 Å². The van der Waals surface area contributed by atoms with Crippen LogP contribution in [0.25, 0.3) is 0 Å². The first-order valence-electron chi connectivity index (χ1n) is 19.4. The van der Waals surface area contributed by atoms with Gasteiger partial charge in [0.05, 0.1) is 13.2 Å². The van der Waals surface area contributed by atoms with Crippen molar-refractivity contribution >= 4 is 25.7 Å². The molecule has 0 heterocycles. The van der Waals surface area contributed by atoms with E-state index in [-0.39, 0.29) is 19.4 Å². The molecule has 12 heteroatoms. The van der Waals surface area contributed by atoms with E-state index in [4.69, 9.17) is 24.8 Å². The molecule has 0 aromatic carbocycles. The van der Waals surface area contributed by atoms with Crippen LogP contribution in [0.15, 0.2) is 24.3 Å². The summed E-state index contributed by atoms with van der Waals surface area (Å²) < 4.78 is 32.5. The number of unbranched alkanes of at least 4 members (excludes halogenated alkanes) is 18. The predicted octanol–water partition coefficient (Wildman–Crippen LogP) is 9.50. The van der Waals surface area contributed by atoms with Gasteiger partial charge in [-0.25, -0.2) is 4.57 Å². The smallest absolute Gasteiger partial charge is 0.472 e. The summed E-state index contributed by atoms with van der Waals surface area (Å²) in [5.74, 6) is -2.39. The Hall–Kier alpha value is -2.04. The first-order chi connectivity index (χ1) is 24.1. The predicted molar refractivity (Wildman–Crippen MR) is 199 cm³/mol. The van der Waals surface area contributed by atoms with Crippen LogP contribution < -0.4 is 5.73 Å². The average molecular weight is 732 g/mol. The summed E-state index contributed by atoms with van der Waals surface area (Å²) in [5.41, 5.74) is 5.31. The number of carbonyl (C=O) groups excluding carboxylic acids is 2. The fourth-order valence-electron chi connectivity index (χ4n) is 5.08. The highest BCUT2D eigenvalue weighted by Crippen LogP contribution is 2.43. The lowest BCUT2D eigenvalue weighted by molar-refractivity contribution is -0.161. The molecular formula is C38H70NO10P. The van der Waals surface area contributed by atoms with Crippen molar-refractivity contribution in [3.05, 3.63) is 24.3 Å². The number of phosphoric acid groups is 1. The van der Waals surface area contributed by atoms with Gasteiger partial charge in [0.25, 0.3) is 0 Å². The number of phosphoric ester groups is 1. The van der Waals surface area contributed by atoms with Crippen LogP contribution in [-0.4, -0.2) is 59.9 Å². The molecule has 11 nitrogen and oxygen atoms in total. The summed E-state index contributed by atoms with van der Waals surface area (Å²) in [7, 11) is -4.71. The molecule has 0 saturated heterocycles. The molecule has 0 saturated carbocycles. The first kappa shape index (κ1) is 48.0. The Morgan fingerprint density at radius 3 is 1.62 bits per heavy atom. The third kappa shape index (κ3) is 33.1. The molecule has 0 rings (SSSR count). The lowest BCUT2D eigenvalue weighted by Gasteiger charge is -2.20. The van der Waals surface area contributed by atoms with E-state index < -0.39 is 51.1 Å². The fourth-order valence-corrected chi connectivity index (χ4v) is 5.86. The van der Waals surface area contributed by atoms with Crippen molar-refractivity contribution in [1.29, 1.82) is 0 Å². The minimum Gasteiger partial charge on any atom is -0.480 e. The molecule has 0 bridgehead atoms. The zero-order valence-corrected chi connectivity index (χ0v) is 32.1. The number of ether oxygens (including phenoxy) is 2. The number of nitrogens with two attached hydrogens (primary N) is 1. The minimum atomic E-state index is -4.71. The Bertz CT molecular complexity index is 958. The highest BCUT2D eigenvalue weighted by molar-refractivity contribution is 7.47. The molecule has 0 aliphatic carbocycles. The van der Waals surface area contributed by atoms with E-state index >= 15 is 0 Å². The molecule has 4 N–H and O–H groups in total. The molecule has 0 aliphatic rings. The van der Waals surface area contributed by atoms with Gasteiger partial charge >= 0.3 is 25.7 Å². The molecule has 292 valence electrons. The SMILES string of the molecule is CCCC/C=C\C/C=C\CCCCCCCC(=O)OC(COC(=O)CCCCCCCCCCCCCC)COP(=O)(O)OCC(N)C(=O)O. The Morgan fingerprint density at radius 1 is 0.620 bits per heavy atom. The molecule has 0 aliphatic heterocycles. The van der Waals surface area contributed by atoms with Crippen LogP contribution in [0.3, 0.4) is 0 Å². The molecule has 0 aromatic heterocycles. The highest BCUT2D eigenvalue weighted by Gasteiger charge is 2.28. The van der Waals surface area contributed by atoms with Crippen LogP contribution in [0.5, 0.6) is 0 Å². The van der Waals surface area contributed by atoms with Gasteiger partial charge in [-0.2, -0.15) is 0 Å². The van der Waals surface area contributed by atoms with Crippen molar-refractivity contribution in [2.24, 2.45) is 5.73 Å². The number of carboxylic acid groups (broad SMARTS) is 1. The van der Waals surface area contributed by atoms with E-state index in [1.54, 1.807) is 0 Å². The summed E-state index contributed by atoms with van der Waals surface area (Å²) in [6, 6.07) is -1.52. The lowest BCUT2D eigenvalue weighted by Crippen LogP contribution is -2.34. The fraction of sp³-hybridized carbons (Fsp3) is 0.816. The number of allylic oxidation sites excluding steroid dienone is 4. The van der Waals surface area contributed by atoms with E-state index in [1.807, 2.05) is 0 Å². The van der Waals surface area contributed by atoms with E-state index in [0.29, 0.717) is 12.8 Å².